The SMILES string of the molecule is Cc1cc([C@@H](C)/C=C/c2ccccc2)cc(C)c1O. The molecular weight excluding hydrogens is 232 g/mol. The maximum Gasteiger partial charge on any atom is 0.121 e. The van der Waals surface area contributed by atoms with E-state index in [-0.39, 0.29) is 0 Å². The van der Waals surface area contributed by atoms with E-state index in [9.17, 15) is 5.11 Å². The summed E-state index contributed by atoms with van der Waals surface area (Å²) in [7, 11) is 0. The van der Waals surface area contributed by atoms with Crippen molar-refractivity contribution in [3.8, 4) is 5.75 Å². The number of aryl methyl sites for hydroxylation is 2. The van der Waals surface area contributed by atoms with Gasteiger partial charge in [0.05, 0.1) is 0 Å². The van der Waals surface area contributed by atoms with E-state index in [2.05, 4.69) is 43.3 Å². The molecule has 0 saturated heterocycles. The van der Waals surface area contributed by atoms with Crippen molar-refractivity contribution in [2.45, 2.75) is 26.7 Å². The summed E-state index contributed by atoms with van der Waals surface area (Å²) in [4.78, 5) is 0. The van der Waals surface area contributed by atoms with Crippen LogP contribution in [-0.4, -0.2) is 5.11 Å². The van der Waals surface area contributed by atoms with Crippen LogP contribution in [0, 0.1) is 13.8 Å². The predicted molar refractivity (Wildman–Crippen MR) is 81.5 cm³/mol. The first-order valence-electron chi connectivity index (χ1n) is 6.61. The van der Waals surface area contributed by atoms with Crippen LogP contribution in [0.5, 0.6) is 5.75 Å². The number of hydrogen-bond acceptors (Lipinski definition) is 1. The Labute approximate surface area is 115 Å². The van der Waals surface area contributed by atoms with Crippen LogP contribution in [0.15, 0.2) is 48.5 Å². The van der Waals surface area contributed by atoms with Gasteiger partial charge in [-0.25, -0.2) is 0 Å². The zero-order chi connectivity index (χ0) is 13.8. The lowest BCUT2D eigenvalue weighted by Crippen LogP contribution is -1.92. The van der Waals surface area contributed by atoms with Gasteiger partial charge in [-0.3, -0.25) is 0 Å². The lowest BCUT2D eigenvalue weighted by Gasteiger charge is -2.11. The summed E-state index contributed by atoms with van der Waals surface area (Å²) in [6.45, 7) is 6.06. The first-order chi connectivity index (χ1) is 9.08. The van der Waals surface area contributed by atoms with Gasteiger partial charge in [-0.2, -0.15) is 0 Å². The monoisotopic (exact) mass is 252 g/mol. The van der Waals surface area contributed by atoms with Crippen LogP contribution >= 0.6 is 0 Å². The number of phenolic OH excluding ortho intramolecular Hbond substituents is 1. The van der Waals surface area contributed by atoms with Gasteiger partial charge in [0.25, 0.3) is 0 Å². The van der Waals surface area contributed by atoms with E-state index in [0.717, 1.165) is 11.1 Å². The summed E-state index contributed by atoms with van der Waals surface area (Å²) in [5.41, 5.74) is 4.33. The Morgan fingerprint density at radius 1 is 1.00 bits per heavy atom. The van der Waals surface area contributed by atoms with Crippen LogP contribution in [0.3, 0.4) is 0 Å². The zero-order valence-electron chi connectivity index (χ0n) is 11.7. The number of aromatic hydroxyl groups is 1. The Balaban J connectivity index is 2.21. The van der Waals surface area contributed by atoms with Crippen molar-refractivity contribution in [1.82, 2.24) is 0 Å². The average molecular weight is 252 g/mol. The van der Waals surface area contributed by atoms with Crippen LogP contribution < -0.4 is 0 Å². The molecule has 1 atom stereocenters. The van der Waals surface area contributed by atoms with Crippen LogP contribution in [-0.2, 0) is 0 Å². The van der Waals surface area contributed by atoms with Crippen LogP contribution in [0.25, 0.3) is 6.08 Å². The standard InChI is InChI=1S/C18H20O/c1-13(9-10-16-7-5-4-6-8-16)17-11-14(2)18(19)15(3)12-17/h4-13,19H,1-3H3/b10-9+/t13-/m0/s1. The third-order valence-corrected chi connectivity index (χ3v) is 3.42. The van der Waals surface area contributed by atoms with Crippen molar-refractivity contribution in [2.24, 2.45) is 0 Å². The number of rotatable bonds is 3. The van der Waals surface area contributed by atoms with Gasteiger partial charge in [0.2, 0.25) is 0 Å². The minimum absolute atomic E-state index is 0.332. The van der Waals surface area contributed by atoms with Gasteiger partial charge in [0, 0.05) is 0 Å². The molecule has 0 spiro atoms. The number of hydrogen-bond donors (Lipinski definition) is 1. The third-order valence-electron chi connectivity index (χ3n) is 3.42. The number of benzene rings is 2. The van der Waals surface area contributed by atoms with Crippen molar-refractivity contribution < 1.29 is 5.11 Å². The van der Waals surface area contributed by atoms with Crippen LogP contribution in [0.4, 0.5) is 0 Å². The molecule has 1 nitrogen and oxygen atoms in total. The molecule has 1 N–H and O–H groups in total. The molecule has 2 aromatic carbocycles. The molecule has 2 aromatic rings. The molecule has 0 aliphatic carbocycles. The maximum atomic E-state index is 9.80. The van der Waals surface area contributed by atoms with Crippen LogP contribution in [0.1, 0.15) is 35.1 Å². The molecule has 0 heterocycles. The fourth-order valence-electron chi connectivity index (χ4n) is 2.18. The molecule has 0 bridgehead atoms. The number of allylic oxidation sites excluding steroid dienone is 1. The molecule has 0 radical (unpaired) electrons. The maximum absolute atomic E-state index is 9.80. The van der Waals surface area contributed by atoms with Gasteiger partial charge in [0.1, 0.15) is 5.75 Å². The minimum Gasteiger partial charge on any atom is -0.507 e. The van der Waals surface area contributed by atoms with Gasteiger partial charge in [-0.1, -0.05) is 61.5 Å². The molecule has 0 aromatic heterocycles. The first-order valence-corrected chi connectivity index (χ1v) is 6.61. The van der Waals surface area contributed by atoms with Gasteiger partial charge in [-0.05, 0) is 42.0 Å². The molecule has 19 heavy (non-hydrogen) atoms. The topological polar surface area (TPSA) is 20.2 Å². The van der Waals surface area contributed by atoms with Gasteiger partial charge < -0.3 is 5.11 Å². The van der Waals surface area contributed by atoms with E-state index in [0.29, 0.717) is 11.7 Å². The minimum atomic E-state index is 0.332. The lowest BCUT2D eigenvalue weighted by atomic mass is 9.95. The van der Waals surface area contributed by atoms with E-state index in [1.165, 1.54) is 11.1 Å². The Kier molecular flexibility index (Phi) is 4.06. The Bertz CT molecular complexity index is 559. The van der Waals surface area contributed by atoms with E-state index in [4.69, 9.17) is 0 Å². The van der Waals surface area contributed by atoms with Gasteiger partial charge >= 0.3 is 0 Å². The molecule has 1 heteroatoms. The molecule has 0 saturated carbocycles. The highest BCUT2D eigenvalue weighted by atomic mass is 16.3. The molecule has 0 amide bonds. The van der Waals surface area contributed by atoms with Crippen molar-refractivity contribution in [3.63, 3.8) is 0 Å². The highest BCUT2D eigenvalue weighted by Gasteiger charge is 2.07. The second-order valence-electron chi connectivity index (χ2n) is 5.06. The zero-order valence-corrected chi connectivity index (χ0v) is 11.7. The van der Waals surface area contributed by atoms with Crippen molar-refractivity contribution in [3.05, 3.63) is 70.8 Å². The van der Waals surface area contributed by atoms with E-state index < -0.39 is 0 Å². The summed E-state index contributed by atoms with van der Waals surface area (Å²) >= 11 is 0. The number of phenols is 1. The molecule has 0 aliphatic rings. The quantitative estimate of drug-likeness (QED) is 0.829. The van der Waals surface area contributed by atoms with Gasteiger partial charge in [-0.15, -0.1) is 0 Å². The second-order valence-corrected chi connectivity index (χ2v) is 5.06. The third kappa shape index (κ3) is 3.25. The van der Waals surface area contributed by atoms with Crippen molar-refractivity contribution >= 4 is 6.08 Å². The normalized spacial score (nSPS) is 12.8. The molecular formula is C18H20O. The fourth-order valence-corrected chi connectivity index (χ4v) is 2.18. The Morgan fingerprint density at radius 3 is 2.16 bits per heavy atom. The van der Waals surface area contributed by atoms with E-state index in [1.807, 2.05) is 32.0 Å². The summed E-state index contributed by atoms with van der Waals surface area (Å²) < 4.78 is 0. The highest BCUT2D eigenvalue weighted by Crippen LogP contribution is 2.27. The molecule has 2 rings (SSSR count). The molecule has 98 valence electrons. The average Bonchev–Trinajstić information content (AvgIpc) is 2.42. The highest BCUT2D eigenvalue weighted by molar-refractivity contribution is 5.51. The molecule has 0 unspecified atom stereocenters. The van der Waals surface area contributed by atoms with Crippen LogP contribution in [0.2, 0.25) is 0 Å². The predicted octanol–water partition coefficient (Wildman–Crippen LogP) is 4.83. The first kappa shape index (κ1) is 13.4. The summed E-state index contributed by atoms with van der Waals surface area (Å²) in [6, 6.07) is 14.4. The summed E-state index contributed by atoms with van der Waals surface area (Å²) in [5, 5.41) is 9.80. The van der Waals surface area contributed by atoms with Crippen molar-refractivity contribution in [1.29, 1.82) is 0 Å². The largest absolute Gasteiger partial charge is 0.507 e. The second kappa shape index (κ2) is 5.75. The van der Waals surface area contributed by atoms with Crippen molar-refractivity contribution in [2.75, 3.05) is 0 Å². The van der Waals surface area contributed by atoms with Gasteiger partial charge in [0.15, 0.2) is 0 Å². The smallest absolute Gasteiger partial charge is 0.121 e. The fraction of sp³-hybridized carbons (Fsp3) is 0.222. The lowest BCUT2D eigenvalue weighted by molar-refractivity contribution is 0.466. The molecule has 0 aliphatic heterocycles. The van der Waals surface area contributed by atoms with E-state index in [1.54, 1.807) is 0 Å². The Morgan fingerprint density at radius 2 is 1.58 bits per heavy atom. The molecule has 0 fully saturated rings. The van der Waals surface area contributed by atoms with E-state index >= 15 is 0 Å². The summed E-state index contributed by atoms with van der Waals surface area (Å²) in [5.74, 6) is 0.737. The summed E-state index contributed by atoms with van der Waals surface area (Å²) in [6.07, 6.45) is 4.34. The Hall–Kier alpha value is -2.02.